The molecule has 0 amide bonds. The van der Waals surface area contributed by atoms with E-state index in [1.54, 1.807) is 23.2 Å². The summed E-state index contributed by atoms with van der Waals surface area (Å²) in [6.45, 7) is 8.15. The molecule has 0 bridgehead atoms. The average Bonchev–Trinajstić information content (AvgIpc) is 2.80. The highest BCUT2D eigenvalue weighted by atomic mass is 16.3. The molecule has 0 saturated carbocycles. The lowest BCUT2D eigenvalue weighted by Gasteiger charge is -2.10. The Labute approximate surface area is 118 Å². The molecule has 1 N–H and O–H groups in total. The van der Waals surface area contributed by atoms with Gasteiger partial charge < -0.3 is 9.67 Å². The first-order chi connectivity index (χ1) is 9.36. The zero-order chi connectivity index (χ0) is 15.0. The van der Waals surface area contributed by atoms with Gasteiger partial charge in [0.2, 0.25) is 0 Å². The van der Waals surface area contributed by atoms with Crippen LogP contribution in [0.25, 0.3) is 11.4 Å². The smallest absolute Gasteiger partial charge is 0.253 e. The summed E-state index contributed by atoms with van der Waals surface area (Å²) in [6, 6.07) is 3.73. The van der Waals surface area contributed by atoms with Crippen molar-refractivity contribution in [2.24, 2.45) is 7.05 Å². The Morgan fingerprint density at radius 1 is 1.30 bits per heavy atom. The minimum Gasteiger partial charge on any atom is -0.387 e. The van der Waals surface area contributed by atoms with Crippen LogP contribution < -0.4 is 5.56 Å². The van der Waals surface area contributed by atoms with Gasteiger partial charge in [-0.2, -0.15) is 5.10 Å². The lowest BCUT2D eigenvalue weighted by molar-refractivity contribution is 0.187. The SMILES string of the molecule is CCn1nc(-c2c(C)cc(C)c(=O)n2C)cc1C(C)O. The quantitative estimate of drug-likeness (QED) is 0.931. The number of aryl methyl sites for hydroxylation is 3. The molecule has 0 aliphatic carbocycles. The Bertz CT molecular complexity index is 696. The lowest BCUT2D eigenvalue weighted by atomic mass is 10.1. The van der Waals surface area contributed by atoms with Gasteiger partial charge in [-0.25, -0.2) is 0 Å². The Kier molecular flexibility index (Phi) is 3.81. The number of pyridine rings is 1. The van der Waals surface area contributed by atoms with Gasteiger partial charge in [-0.3, -0.25) is 9.48 Å². The molecule has 108 valence electrons. The molecule has 2 aromatic rings. The Hall–Kier alpha value is -1.88. The highest BCUT2D eigenvalue weighted by molar-refractivity contribution is 5.60. The second kappa shape index (κ2) is 5.25. The largest absolute Gasteiger partial charge is 0.387 e. The van der Waals surface area contributed by atoms with Crippen LogP contribution in [0.2, 0.25) is 0 Å². The fourth-order valence-electron chi connectivity index (χ4n) is 2.60. The third kappa shape index (κ3) is 2.29. The number of aromatic nitrogens is 3. The zero-order valence-corrected chi connectivity index (χ0v) is 12.6. The van der Waals surface area contributed by atoms with E-state index in [0.29, 0.717) is 6.54 Å². The predicted molar refractivity (Wildman–Crippen MR) is 78.7 cm³/mol. The van der Waals surface area contributed by atoms with Gasteiger partial charge in [-0.15, -0.1) is 0 Å². The summed E-state index contributed by atoms with van der Waals surface area (Å²) in [5.41, 5.74) is 3.99. The van der Waals surface area contributed by atoms with E-state index in [4.69, 9.17) is 0 Å². The van der Waals surface area contributed by atoms with Gasteiger partial charge in [0.15, 0.2) is 0 Å². The summed E-state index contributed by atoms with van der Waals surface area (Å²) >= 11 is 0. The van der Waals surface area contributed by atoms with E-state index in [1.165, 1.54) is 0 Å². The maximum Gasteiger partial charge on any atom is 0.253 e. The molecule has 1 atom stereocenters. The summed E-state index contributed by atoms with van der Waals surface area (Å²) in [4.78, 5) is 12.1. The average molecular weight is 275 g/mol. The number of aliphatic hydroxyl groups is 1. The molecule has 0 saturated heterocycles. The number of rotatable bonds is 3. The van der Waals surface area contributed by atoms with Gasteiger partial charge in [0.1, 0.15) is 5.69 Å². The normalized spacial score (nSPS) is 12.7. The van der Waals surface area contributed by atoms with Gasteiger partial charge in [-0.1, -0.05) is 0 Å². The monoisotopic (exact) mass is 275 g/mol. The third-order valence-corrected chi connectivity index (χ3v) is 3.57. The molecule has 2 aromatic heterocycles. The van der Waals surface area contributed by atoms with Crippen molar-refractivity contribution >= 4 is 0 Å². The van der Waals surface area contributed by atoms with Crippen LogP contribution in [-0.4, -0.2) is 19.5 Å². The van der Waals surface area contributed by atoms with Crippen LogP contribution in [-0.2, 0) is 13.6 Å². The van der Waals surface area contributed by atoms with Crippen LogP contribution in [0, 0.1) is 13.8 Å². The fourth-order valence-corrected chi connectivity index (χ4v) is 2.60. The summed E-state index contributed by atoms with van der Waals surface area (Å²) in [6.07, 6.45) is -0.584. The molecular formula is C15H21N3O2. The van der Waals surface area contributed by atoms with Crippen molar-refractivity contribution in [2.45, 2.75) is 40.3 Å². The second-order valence-corrected chi connectivity index (χ2v) is 5.17. The highest BCUT2D eigenvalue weighted by Crippen LogP contribution is 2.24. The standard InChI is InChI=1S/C15H21N3O2/c1-6-18-13(11(4)19)8-12(16-18)14-9(2)7-10(3)15(20)17(14)5/h7-8,11,19H,6H2,1-5H3. The Morgan fingerprint density at radius 3 is 2.45 bits per heavy atom. The van der Waals surface area contributed by atoms with Crippen LogP contribution in [0.1, 0.15) is 36.8 Å². The number of nitrogens with zero attached hydrogens (tertiary/aromatic N) is 3. The van der Waals surface area contributed by atoms with E-state index in [9.17, 15) is 9.90 Å². The molecule has 0 radical (unpaired) electrons. The molecule has 0 aliphatic heterocycles. The first-order valence-electron chi connectivity index (χ1n) is 6.80. The topological polar surface area (TPSA) is 60.0 Å². The van der Waals surface area contributed by atoms with E-state index in [2.05, 4.69) is 5.10 Å². The third-order valence-electron chi connectivity index (χ3n) is 3.57. The molecule has 0 fully saturated rings. The minimum absolute atomic E-state index is 0.0183. The summed E-state index contributed by atoms with van der Waals surface area (Å²) in [7, 11) is 1.75. The van der Waals surface area contributed by atoms with E-state index in [0.717, 1.165) is 28.2 Å². The van der Waals surface area contributed by atoms with Gasteiger partial charge in [0.05, 0.1) is 17.5 Å². The van der Waals surface area contributed by atoms with Crippen molar-refractivity contribution in [3.63, 3.8) is 0 Å². The van der Waals surface area contributed by atoms with Crippen LogP contribution in [0.15, 0.2) is 16.9 Å². The first-order valence-corrected chi connectivity index (χ1v) is 6.80. The molecule has 2 heterocycles. The molecule has 0 aliphatic rings. The second-order valence-electron chi connectivity index (χ2n) is 5.17. The van der Waals surface area contributed by atoms with Crippen molar-refractivity contribution in [2.75, 3.05) is 0 Å². The predicted octanol–water partition coefficient (Wildman–Crippen LogP) is 1.94. The highest BCUT2D eigenvalue weighted by Gasteiger charge is 2.17. The number of hydrogen-bond donors (Lipinski definition) is 1. The van der Waals surface area contributed by atoms with Crippen LogP contribution >= 0.6 is 0 Å². The molecule has 1 unspecified atom stereocenters. The van der Waals surface area contributed by atoms with Crippen LogP contribution in [0.5, 0.6) is 0 Å². The van der Waals surface area contributed by atoms with Crippen LogP contribution in [0.4, 0.5) is 0 Å². The van der Waals surface area contributed by atoms with Gasteiger partial charge in [0.25, 0.3) is 5.56 Å². The molecule has 0 aromatic carbocycles. The molecular weight excluding hydrogens is 254 g/mol. The van der Waals surface area contributed by atoms with Gasteiger partial charge in [0, 0.05) is 19.2 Å². The number of hydrogen-bond acceptors (Lipinski definition) is 3. The van der Waals surface area contributed by atoms with Crippen LogP contribution in [0.3, 0.4) is 0 Å². The van der Waals surface area contributed by atoms with E-state index >= 15 is 0 Å². The van der Waals surface area contributed by atoms with E-state index in [1.807, 2.05) is 32.9 Å². The number of aliphatic hydroxyl groups excluding tert-OH is 1. The Morgan fingerprint density at radius 2 is 1.95 bits per heavy atom. The lowest BCUT2D eigenvalue weighted by Crippen LogP contribution is -2.21. The van der Waals surface area contributed by atoms with Crippen molar-refractivity contribution in [3.05, 3.63) is 39.3 Å². The zero-order valence-electron chi connectivity index (χ0n) is 12.6. The van der Waals surface area contributed by atoms with E-state index < -0.39 is 6.10 Å². The van der Waals surface area contributed by atoms with Gasteiger partial charge in [-0.05, 0) is 45.4 Å². The molecule has 5 heteroatoms. The maximum absolute atomic E-state index is 12.1. The molecule has 5 nitrogen and oxygen atoms in total. The fraction of sp³-hybridized carbons (Fsp3) is 0.467. The Balaban J connectivity index is 2.69. The maximum atomic E-state index is 12.1. The summed E-state index contributed by atoms with van der Waals surface area (Å²) < 4.78 is 3.39. The van der Waals surface area contributed by atoms with Crippen molar-refractivity contribution in [1.82, 2.24) is 14.3 Å². The molecule has 2 rings (SSSR count). The summed E-state index contributed by atoms with van der Waals surface area (Å²) in [5, 5.41) is 14.3. The van der Waals surface area contributed by atoms with Crippen molar-refractivity contribution in [1.29, 1.82) is 0 Å². The molecule has 20 heavy (non-hydrogen) atoms. The summed E-state index contributed by atoms with van der Waals surface area (Å²) in [5.74, 6) is 0. The molecule has 0 spiro atoms. The van der Waals surface area contributed by atoms with Crippen molar-refractivity contribution < 1.29 is 5.11 Å². The van der Waals surface area contributed by atoms with E-state index in [-0.39, 0.29) is 5.56 Å². The van der Waals surface area contributed by atoms with Crippen molar-refractivity contribution in [3.8, 4) is 11.4 Å². The van der Waals surface area contributed by atoms with Gasteiger partial charge >= 0.3 is 0 Å². The minimum atomic E-state index is -0.584. The first kappa shape index (κ1) is 14.5.